The predicted molar refractivity (Wildman–Crippen MR) is 67.1 cm³/mol. The first-order valence-electron chi connectivity index (χ1n) is 5.06. The number of aromatic amines is 1. The lowest BCUT2D eigenvalue weighted by atomic mass is 10.2. The van der Waals surface area contributed by atoms with Crippen molar-refractivity contribution in [3.63, 3.8) is 0 Å². The predicted octanol–water partition coefficient (Wildman–Crippen LogP) is 2.35. The van der Waals surface area contributed by atoms with Gasteiger partial charge in [0.1, 0.15) is 5.82 Å². The van der Waals surface area contributed by atoms with E-state index in [0.29, 0.717) is 5.69 Å². The SMILES string of the molecule is Cc1[nH]nc(C(=O)Nc2ccc(Cl)c(F)c2)c1N. The molecule has 0 aliphatic carbocycles. The fraction of sp³-hybridized carbons (Fsp3) is 0.0909. The van der Waals surface area contributed by atoms with Crippen LogP contribution in [0.15, 0.2) is 18.2 Å². The van der Waals surface area contributed by atoms with Gasteiger partial charge in [-0.2, -0.15) is 5.10 Å². The van der Waals surface area contributed by atoms with Crippen LogP contribution in [0.5, 0.6) is 0 Å². The van der Waals surface area contributed by atoms with Gasteiger partial charge in [-0.05, 0) is 25.1 Å². The number of aromatic nitrogens is 2. The number of benzene rings is 1. The Morgan fingerprint density at radius 2 is 2.28 bits per heavy atom. The highest BCUT2D eigenvalue weighted by Crippen LogP contribution is 2.20. The minimum atomic E-state index is -0.611. The second-order valence-electron chi connectivity index (χ2n) is 3.69. The summed E-state index contributed by atoms with van der Waals surface area (Å²) in [6.45, 7) is 1.70. The number of carbonyl (C=O) groups is 1. The van der Waals surface area contributed by atoms with Gasteiger partial charge in [-0.3, -0.25) is 9.89 Å². The number of nitrogens with two attached hydrogens (primary N) is 1. The molecule has 18 heavy (non-hydrogen) atoms. The second kappa shape index (κ2) is 4.66. The number of nitrogens with one attached hydrogen (secondary N) is 2. The monoisotopic (exact) mass is 268 g/mol. The Morgan fingerprint density at radius 1 is 1.56 bits per heavy atom. The number of hydrogen-bond acceptors (Lipinski definition) is 3. The molecule has 0 aliphatic rings. The molecule has 94 valence electrons. The molecule has 0 radical (unpaired) electrons. The third kappa shape index (κ3) is 2.28. The number of nitrogens with zero attached hydrogens (tertiary/aromatic N) is 1. The summed E-state index contributed by atoms with van der Waals surface area (Å²) < 4.78 is 13.2. The lowest BCUT2D eigenvalue weighted by molar-refractivity contribution is 0.102. The molecule has 1 aromatic carbocycles. The van der Waals surface area contributed by atoms with Gasteiger partial charge in [-0.25, -0.2) is 4.39 Å². The van der Waals surface area contributed by atoms with E-state index in [2.05, 4.69) is 15.5 Å². The van der Waals surface area contributed by atoms with Crippen molar-refractivity contribution < 1.29 is 9.18 Å². The number of aryl methyl sites for hydroxylation is 1. The topological polar surface area (TPSA) is 83.8 Å². The molecule has 2 aromatic rings. The van der Waals surface area contributed by atoms with Gasteiger partial charge in [-0.1, -0.05) is 11.6 Å². The molecule has 0 aliphatic heterocycles. The van der Waals surface area contributed by atoms with Crippen molar-refractivity contribution in [2.24, 2.45) is 0 Å². The molecular formula is C11H10ClFN4O. The number of rotatable bonds is 2. The van der Waals surface area contributed by atoms with Gasteiger partial charge in [0.15, 0.2) is 5.69 Å². The van der Waals surface area contributed by atoms with Crippen LogP contribution in [0.4, 0.5) is 15.8 Å². The zero-order valence-corrected chi connectivity index (χ0v) is 10.2. The summed E-state index contributed by atoms with van der Waals surface area (Å²) in [6, 6.07) is 3.96. The van der Waals surface area contributed by atoms with Crippen LogP contribution in [0.1, 0.15) is 16.2 Å². The summed E-state index contributed by atoms with van der Waals surface area (Å²) >= 11 is 5.54. The molecule has 0 fully saturated rings. The molecule has 0 saturated heterocycles. The Hall–Kier alpha value is -2.08. The van der Waals surface area contributed by atoms with Crippen LogP contribution in [0.3, 0.4) is 0 Å². The second-order valence-corrected chi connectivity index (χ2v) is 4.10. The molecule has 4 N–H and O–H groups in total. The summed E-state index contributed by atoms with van der Waals surface area (Å²) in [4.78, 5) is 11.8. The molecule has 0 spiro atoms. The Balaban J connectivity index is 2.21. The quantitative estimate of drug-likeness (QED) is 0.782. The fourth-order valence-corrected chi connectivity index (χ4v) is 1.49. The highest BCUT2D eigenvalue weighted by molar-refractivity contribution is 6.30. The highest BCUT2D eigenvalue weighted by Gasteiger charge is 2.15. The number of carbonyl (C=O) groups excluding carboxylic acids is 1. The van der Waals surface area contributed by atoms with Crippen molar-refractivity contribution in [2.45, 2.75) is 6.92 Å². The average molecular weight is 269 g/mol. The molecule has 0 bridgehead atoms. The number of anilines is 2. The van der Waals surface area contributed by atoms with E-state index in [1.807, 2.05) is 0 Å². The summed E-state index contributed by atoms with van der Waals surface area (Å²) in [7, 11) is 0. The van der Waals surface area contributed by atoms with Crippen molar-refractivity contribution in [2.75, 3.05) is 11.1 Å². The van der Waals surface area contributed by atoms with Gasteiger partial charge in [-0.15, -0.1) is 0 Å². The fourth-order valence-electron chi connectivity index (χ4n) is 1.38. The molecule has 1 aromatic heterocycles. The highest BCUT2D eigenvalue weighted by atomic mass is 35.5. The van der Waals surface area contributed by atoms with E-state index >= 15 is 0 Å². The largest absolute Gasteiger partial charge is 0.395 e. The van der Waals surface area contributed by atoms with E-state index in [1.54, 1.807) is 6.92 Å². The number of nitrogen functional groups attached to an aromatic ring is 1. The van der Waals surface area contributed by atoms with Gasteiger partial charge in [0.25, 0.3) is 5.91 Å². The van der Waals surface area contributed by atoms with E-state index in [9.17, 15) is 9.18 Å². The van der Waals surface area contributed by atoms with Crippen molar-refractivity contribution in [1.29, 1.82) is 0 Å². The molecule has 0 saturated carbocycles. The summed E-state index contributed by atoms with van der Waals surface area (Å²) in [5.74, 6) is -1.13. The first-order chi connectivity index (χ1) is 8.49. The summed E-state index contributed by atoms with van der Waals surface area (Å²) in [5.41, 5.74) is 6.88. The van der Waals surface area contributed by atoms with E-state index in [4.69, 9.17) is 17.3 Å². The summed E-state index contributed by atoms with van der Waals surface area (Å²) in [5, 5.41) is 8.83. The lowest BCUT2D eigenvalue weighted by Crippen LogP contribution is -2.14. The number of amides is 1. The van der Waals surface area contributed by atoms with Crippen LogP contribution in [-0.2, 0) is 0 Å². The van der Waals surface area contributed by atoms with E-state index in [0.717, 1.165) is 6.07 Å². The Kier molecular flexibility index (Phi) is 3.20. The van der Waals surface area contributed by atoms with Crippen molar-refractivity contribution in [3.8, 4) is 0 Å². The van der Waals surface area contributed by atoms with Gasteiger partial charge >= 0.3 is 0 Å². The molecule has 0 unspecified atom stereocenters. The smallest absolute Gasteiger partial charge is 0.278 e. The van der Waals surface area contributed by atoms with Crippen molar-refractivity contribution in [3.05, 3.63) is 40.4 Å². The number of H-pyrrole nitrogens is 1. The van der Waals surface area contributed by atoms with Crippen LogP contribution in [-0.4, -0.2) is 16.1 Å². The average Bonchev–Trinajstić information content (AvgIpc) is 2.65. The van der Waals surface area contributed by atoms with Crippen LogP contribution in [0, 0.1) is 12.7 Å². The van der Waals surface area contributed by atoms with Gasteiger partial charge in [0.05, 0.1) is 16.4 Å². The molecule has 1 amide bonds. The number of hydrogen-bond donors (Lipinski definition) is 3. The Labute approximate surface area is 107 Å². The molecule has 1 heterocycles. The molecular weight excluding hydrogens is 259 g/mol. The van der Waals surface area contributed by atoms with Crippen LogP contribution in [0.25, 0.3) is 0 Å². The lowest BCUT2D eigenvalue weighted by Gasteiger charge is -2.04. The number of halogens is 2. The van der Waals surface area contributed by atoms with Crippen molar-refractivity contribution >= 4 is 28.9 Å². The Morgan fingerprint density at radius 3 is 2.83 bits per heavy atom. The van der Waals surface area contributed by atoms with Crippen LogP contribution in [0.2, 0.25) is 5.02 Å². The standard InChI is InChI=1S/C11H10ClFN4O/c1-5-9(14)10(17-16-5)11(18)15-6-2-3-7(12)8(13)4-6/h2-4H,14H2,1H3,(H,15,18)(H,16,17). The molecule has 5 nitrogen and oxygen atoms in total. The normalized spacial score (nSPS) is 10.4. The molecule has 7 heteroatoms. The van der Waals surface area contributed by atoms with E-state index in [1.165, 1.54) is 12.1 Å². The van der Waals surface area contributed by atoms with Crippen LogP contribution < -0.4 is 11.1 Å². The zero-order chi connectivity index (χ0) is 13.3. The zero-order valence-electron chi connectivity index (χ0n) is 9.42. The van der Waals surface area contributed by atoms with Gasteiger partial charge < -0.3 is 11.1 Å². The summed E-state index contributed by atoms with van der Waals surface area (Å²) in [6.07, 6.45) is 0. The first-order valence-corrected chi connectivity index (χ1v) is 5.43. The van der Waals surface area contributed by atoms with Crippen LogP contribution >= 0.6 is 11.6 Å². The minimum Gasteiger partial charge on any atom is -0.395 e. The Bertz CT molecular complexity index is 611. The van der Waals surface area contributed by atoms with Gasteiger partial charge in [0.2, 0.25) is 0 Å². The minimum absolute atomic E-state index is 0.0110. The third-order valence-corrected chi connectivity index (χ3v) is 2.69. The molecule has 0 atom stereocenters. The maximum Gasteiger partial charge on any atom is 0.278 e. The molecule has 2 rings (SSSR count). The van der Waals surface area contributed by atoms with E-state index < -0.39 is 11.7 Å². The maximum absolute atomic E-state index is 13.2. The first kappa shape index (κ1) is 12.4. The van der Waals surface area contributed by atoms with E-state index in [-0.39, 0.29) is 22.1 Å². The van der Waals surface area contributed by atoms with Gasteiger partial charge in [0, 0.05) is 5.69 Å². The van der Waals surface area contributed by atoms with Crippen molar-refractivity contribution in [1.82, 2.24) is 10.2 Å². The maximum atomic E-state index is 13.2. The third-order valence-electron chi connectivity index (χ3n) is 2.39.